The van der Waals surface area contributed by atoms with Gasteiger partial charge in [0.15, 0.2) is 0 Å². The Morgan fingerprint density at radius 1 is 1.11 bits per heavy atom. The van der Waals surface area contributed by atoms with Crippen molar-refractivity contribution >= 4 is 16.9 Å². The van der Waals surface area contributed by atoms with Crippen molar-refractivity contribution in [1.82, 2.24) is 30.0 Å². The first kappa shape index (κ1) is 22.6. The van der Waals surface area contributed by atoms with Crippen LogP contribution in [0, 0.1) is 5.82 Å². The number of pyridine rings is 2. The maximum atomic E-state index is 13.7. The standard InChI is InChI=1S/C28H29FN6O.H2/c29-23-18-30-12-8-20(23)5-3-4-11-31-27(36)34-13-9-28(19-34)10-14-35-26(28)16-25(33-35)22-15-21-6-1-2-7-24(21)32-17-22;/h1-2,6-8,12,15-18H,3-5,9-11,13-14,19H2,(H,31,36);1H. The molecule has 7 nitrogen and oxygen atoms in total. The molecule has 2 aliphatic heterocycles. The molecular weight excluding hydrogens is 455 g/mol. The van der Waals surface area contributed by atoms with Crippen LogP contribution in [0.3, 0.4) is 0 Å². The molecule has 2 aliphatic rings. The molecule has 3 aromatic heterocycles. The highest BCUT2D eigenvalue weighted by atomic mass is 19.1. The summed E-state index contributed by atoms with van der Waals surface area (Å²) in [5, 5.41) is 9.04. The molecule has 1 unspecified atom stereocenters. The first-order chi connectivity index (χ1) is 17.6. The lowest BCUT2D eigenvalue weighted by atomic mass is 9.82. The molecule has 186 valence electrons. The lowest BCUT2D eigenvalue weighted by Crippen LogP contribution is -2.40. The van der Waals surface area contributed by atoms with Crippen molar-refractivity contribution in [1.29, 1.82) is 0 Å². The van der Waals surface area contributed by atoms with Gasteiger partial charge in [0.25, 0.3) is 0 Å². The Balaban J connectivity index is 0.00000280. The maximum absolute atomic E-state index is 13.7. The monoisotopic (exact) mass is 486 g/mol. The molecule has 0 bridgehead atoms. The Hall–Kier alpha value is -3.81. The van der Waals surface area contributed by atoms with E-state index in [0.717, 1.165) is 60.9 Å². The van der Waals surface area contributed by atoms with E-state index in [9.17, 15) is 9.18 Å². The van der Waals surface area contributed by atoms with E-state index >= 15 is 0 Å². The zero-order valence-electron chi connectivity index (χ0n) is 20.2. The van der Waals surface area contributed by atoms with Gasteiger partial charge < -0.3 is 10.2 Å². The number of rotatable bonds is 6. The molecule has 1 fully saturated rings. The molecule has 4 aromatic rings. The van der Waals surface area contributed by atoms with E-state index in [1.807, 2.05) is 29.3 Å². The number of nitrogens with one attached hydrogen (secondary N) is 1. The van der Waals surface area contributed by atoms with Crippen molar-refractivity contribution in [3.63, 3.8) is 0 Å². The molecule has 2 amide bonds. The van der Waals surface area contributed by atoms with Gasteiger partial charge in [-0.05, 0) is 61.9 Å². The van der Waals surface area contributed by atoms with E-state index in [0.29, 0.717) is 25.1 Å². The number of aryl methyl sites for hydroxylation is 2. The third-order valence-corrected chi connectivity index (χ3v) is 7.66. The summed E-state index contributed by atoms with van der Waals surface area (Å²) in [4.78, 5) is 23.2. The fraction of sp³-hybridized carbons (Fsp3) is 0.357. The van der Waals surface area contributed by atoms with Crippen LogP contribution in [-0.2, 0) is 18.4 Å². The number of fused-ring (bicyclic) bond motifs is 3. The number of amides is 2. The van der Waals surface area contributed by atoms with Crippen LogP contribution < -0.4 is 5.32 Å². The summed E-state index contributed by atoms with van der Waals surface area (Å²) in [5.41, 5.74) is 4.80. The molecule has 1 saturated heterocycles. The Labute approximate surface area is 210 Å². The van der Waals surface area contributed by atoms with Gasteiger partial charge >= 0.3 is 6.03 Å². The number of para-hydroxylation sites is 1. The van der Waals surface area contributed by atoms with Gasteiger partial charge in [0.2, 0.25) is 0 Å². The molecule has 1 atom stereocenters. The first-order valence-electron chi connectivity index (χ1n) is 12.7. The summed E-state index contributed by atoms with van der Waals surface area (Å²) >= 11 is 0. The van der Waals surface area contributed by atoms with Gasteiger partial charge in [-0.15, -0.1) is 0 Å². The van der Waals surface area contributed by atoms with Crippen LogP contribution in [0.25, 0.3) is 22.2 Å². The molecule has 8 heteroatoms. The number of nitrogens with zero attached hydrogens (tertiary/aromatic N) is 5. The van der Waals surface area contributed by atoms with Crippen LogP contribution in [0.2, 0.25) is 0 Å². The second kappa shape index (κ2) is 9.33. The minimum absolute atomic E-state index is 0. The Kier molecular flexibility index (Phi) is 5.87. The number of likely N-dealkylation sites (tertiary alicyclic amines) is 1. The van der Waals surface area contributed by atoms with Gasteiger partial charge in [-0.1, -0.05) is 18.2 Å². The van der Waals surface area contributed by atoms with Crippen LogP contribution in [0.5, 0.6) is 0 Å². The van der Waals surface area contributed by atoms with Crippen LogP contribution in [0.4, 0.5) is 9.18 Å². The smallest absolute Gasteiger partial charge is 0.317 e. The van der Waals surface area contributed by atoms with Crippen molar-refractivity contribution in [2.24, 2.45) is 0 Å². The number of halogens is 1. The van der Waals surface area contributed by atoms with Gasteiger partial charge in [-0.25, -0.2) is 9.18 Å². The predicted octanol–water partition coefficient (Wildman–Crippen LogP) is 4.96. The number of benzene rings is 1. The average molecular weight is 487 g/mol. The molecule has 1 aromatic carbocycles. The molecule has 6 rings (SSSR count). The zero-order valence-corrected chi connectivity index (χ0v) is 20.2. The summed E-state index contributed by atoms with van der Waals surface area (Å²) in [6.45, 7) is 2.91. The summed E-state index contributed by atoms with van der Waals surface area (Å²) in [7, 11) is 0. The highest BCUT2D eigenvalue weighted by molar-refractivity contribution is 5.82. The van der Waals surface area contributed by atoms with Crippen molar-refractivity contribution < 1.29 is 10.6 Å². The van der Waals surface area contributed by atoms with Gasteiger partial charge in [-0.3, -0.25) is 14.6 Å². The Bertz CT molecular complexity index is 1420. The fourth-order valence-electron chi connectivity index (χ4n) is 5.63. The predicted molar refractivity (Wildman–Crippen MR) is 138 cm³/mol. The average Bonchev–Trinajstić information content (AvgIpc) is 3.61. The largest absolute Gasteiger partial charge is 0.338 e. The summed E-state index contributed by atoms with van der Waals surface area (Å²) < 4.78 is 15.8. The number of hydrogen-bond acceptors (Lipinski definition) is 4. The minimum Gasteiger partial charge on any atom is -0.338 e. The fourth-order valence-corrected chi connectivity index (χ4v) is 5.63. The number of urea groups is 1. The highest BCUT2D eigenvalue weighted by Gasteiger charge is 2.46. The van der Waals surface area contributed by atoms with E-state index in [1.165, 1.54) is 11.9 Å². The van der Waals surface area contributed by atoms with Gasteiger partial charge in [0.05, 0.1) is 17.4 Å². The molecule has 1 spiro atoms. The second-order valence-corrected chi connectivity index (χ2v) is 9.91. The molecule has 36 heavy (non-hydrogen) atoms. The molecule has 1 N–H and O–H groups in total. The van der Waals surface area contributed by atoms with Crippen LogP contribution in [0.15, 0.2) is 61.1 Å². The minimum atomic E-state index is -0.264. The topological polar surface area (TPSA) is 75.9 Å². The van der Waals surface area contributed by atoms with Crippen LogP contribution >= 0.6 is 0 Å². The molecule has 5 heterocycles. The molecule has 0 saturated carbocycles. The number of carbonyl (C=O) groups is 1. The van der Waals surface area contributed by atoms with Crippen molar-refractivity contribution in [2.75, 3.05) is 19.6 Å². The molecule has 0 aliphatic carbocycles. The number of unbranched alkanes of at least 4 members (excludes halogenated alkanes) is 1. The zero-order chi connectivity index (χ0) is 24.5. The maximum Gasteiger partial charge on any atom is 0.317 e. The van der Waals surface area contributed by atoms with Gasteiger partial charge in [-0.2, -0.15) is 5.10 Å². The number of carbonyl (C=O) groups excluding carboxylic acids is 1. The quantitative estimate of drug-likeness (QED) is 0.391. The number of hydrogen-bond donors (Lipinski definition) is 1. The lowest BCUT2D eigenvalue weighted by molar-refractivity contribution is 0.205. The van der Waals surface area contributed by atoms with E-state index in [1.54, 1.807) is 12.3 Å². The first-order valence-corrected chi connectivity index (χ1v) is 12.7. The van der Waals surface area contributed by atoms with Crippen LogP contribution in [-0.4, -0.2) is 50.3 Å². The van der Waals surface area contributed by atoms with Gasteiger partial charge in [0.1, 0.15) is 5.82 Å². The summed E-state index contributed by atoms with van der Waals surface area (Å²) in [6.07, 6.45) is 8.98. The lowest BCUT2D eigenvalue weighted by Gasteiger charge is -2.23. The Morgan fingerprint density at radius 2 is 2.00 bits per heavy atom. The van der Waals surface area contributed by atoms with E-state index in [-0.39, 0.29) is 18.7 Å². The third-order valence-electron chi connectivity index (χ3n) is 7.66. The van der Waals surface area contributed by atoms with Crippen molar-refractivity contribution in [3.8, 4) is 11.3 Å². The number of aromatic nitrogens is 4. The Morgan fingerprint density at radius 3 is 2.92 bits per heavy atom. The van der Waals surface area contributed by atoms with Gasteiger partial charge in [0, 0.05) is 62.1 Å². The normalized spacial score (nSPS) is 18.8. The molecular formula is C28H31FN6O. The van der Waals surface area contributed by atoms with E-state index in [4.69, 9.17) is 5.10 Å². The third kappa shape index (κ3) is 4.21. The van der Waals surface area contributed by atoms with Crippen LogP contribution in [0.1, 0.15) is 38.4 Å². The van der Waals surface area contributed by atoms with Crippen molar-refractivity contribution in [2.45, 2.75) is 44.1 Å². The molecule has 0 radical (unpaired) electrons. The van der Waals surface area contributed by atoms with E-state index < -0.39 is 0 Å². The van der Waals surface area contributed by atoms with E-state index in [2.05, 4.69) is 38.2 Å². The highest BCUT2D eigenvalue weighted by Crippen LogP contribution is 2.43. The summed E-state index contributed by atoms with van der Waals surface area (Å²) in [6, 6.07) is 14.1. The second-order valence-electron chi connectivity index (χ2n) is 9.91. The SMILES string of the molecule is O=C(NCCCCc1ccncc1F)N1CCC2(CCn3nc(-c4cnc5ccccc5c4)cc32)C1.[HH]. The van der Waals surface area contributed by atoms with Crippen molar-refractivity contribution in [3.05, 3.63) is 78.1 Å². The summed E-state index contributed by atoms with van der Waals surface area (Å²) in [5.74, 6) is -0.264.